The highest BCUT2D eigenvalue weighted by atomic mass is 79.9. The van der Waals surface area contributed by atoms with Crippen LogP contribution >= 0.6 is 15.9 Å². The summed E-state index contributed by atoms with van der Waals surface area (Å²) in [5.41, 5.74) is 0.316. The lowest BCUT2D eigenvalue weighted by Gasteiger charge is -2.27. The summed E-state index contributed by atoms with van der Waals surface area (Å²) in [6, 6.07) is 0. The summed E-state index contributed by atoms with van der Waals surface area (Å²) in [7, 11) is 0. The van der Waals surface area contributed by atoms with Gasteiger partial charge in [-0.15, -0.1) is 0 Å². The lowest BCUT2D eigenvalue weighted by Crippen LogP contribution is -2.37. The summed E-state index contributed by atoms with van der Waals surface area (Å²) < 4.78 is 5.66. The Morgan fingerprint density at radius 1 is 1.26 bits per heavy atom. The van der Waals surface area contributed by atoms with Crippen LogP contribution in [0.2, 0.25) is 0 Å². The summed E-state index contributed by atoms with van der Waals surface area (Å²) in [6.07, 6.45) is 10.4. The van der Waals surface area contributed by atoms with Gasteiger partial charge < -0.3 is 10.1 Å². The van der Waals surface area contributed by atoms with E-state index >= 15 is 0 Å². The Kier molecular flexibility index (Phi) is 6.14. The van der Waals surface area contributed by atoms with Crippen LogP contribution in [0.25, 0.3) is 0 Å². The second-order valence-corrected chi connectivity index (χ2v) is 6.71. The van der Waals surface area contributed by atoms with Crippen molar-refractivity contribution in [2.24, 2.45) is 5.41 Å². The van der Waals surface area contributed by atoms with Crippen molar-refractivity contribution in [2.45, 2.75) is 63.9 Å². The van der Waals surface area contributed by atoms with Crippen LogP contribution in [0, 0.1) is 5.41 Å². The number of halogens is 1. The zero-order valence-corrected chi connectivity index (χ0v) is 13.3. The molecule has 2 aliphatic rings. The maximum atomic E-state index is 11.9. The predicted octanol–water partition coefficient (Wildman–Crippen LogP) is 3.41. The second kappa shape index (κ2) is 7.63. The molecule has 2 rings (SSSR count). The smallest absolute Gasteiger partial charge is 0.220 e. The highest BCUT2D eigenvalue weighted by molar-refractivity contribution is 9.09. The molecule has 1 N–H and O–H groups in total. The molecule has 1 amide bonds. The first-order valence-electron chi connectivity index (χ1n) is 7.68. The minimum Gasteiger partial charge on any atom is -0.378 e. The lowest BCUT2D eigenvalue weighted by atomic mass is 9.89. The zero-order chi connectivity index (χ0) is 13.6. The van der Waals surface area contributed by atoms with E-state index in [4.69, 9.17) is 4.74 Å². The number of ether oxygens (including phenoxy) is 1. The molecule has 1 aliphatic carbocycles. The van der Waals surface area contributed by atoms with Crippen LogP contribution in [0.15, 0.2) is 0 Å². The van der Waals surface area contributed by atoms with E-state index in [1.165, 1.54) is 38.5 Å². The minimum atomic E-state index is 0.196. The van der Waals surface area contributed by atoms with Crippen LogP contribution in [-0.4, -0.2) is 30.5 Å². The van der Waals surface area contributed by atoms with E-state index in [1.807, 2.05) is 0 Å². The number of nitrogens with one attached hydrogen (secondary N) is 1. The van der Waals surface area contributed by atoms with Gasteiger partial charge in [0.1, 0.15) is 0 Å². The fraction of sp³-hybridized carbons (Fsp3) is 0.933. The third-order valence-electron chi connectivity index (χ3n) is 4.58. The number of carbonyl (C=O) groups is 1. The van der Waals surface area contributed by atoms with Gasteiger partial charge >= 0.3 is 0 Å². The topological polar surface area (TPSA) is 38.3 Å². The average molecular weight is 332 g/mol. The Morgan fingerprint density at radius 3 is 2.68 bits per heavy atom. The van der Waals surface area contributed by atoms with Gasteiger partial charge in [0.2, 0.25) is 5.91 Å². The average Bonchev–Trinajstić information content (AvgIpc) is 2.93. The van der Waals surface area contributed by atoms with Gasteiger partial charge in [-0.25, -0.2) is 0 Å². The highest BCUT2D eigenvalue weighted by Gasteiger charge is 2.32. The van der Waals surface area contributed by atoms with Crippen LogP contribution in [-0.2, 0) is 9.53 Å². The molecule has 1 aliphatic heterocycles. The third kappa shape index (κ3) is 4.75. The van der Waals surface area contributed by atoms with Gasteiger partial charge in [-0.2, -0.15) is 0 Å². The molecular formula is C15H26BrNO2. The molecule has 0 aromatic rings. The lowest BCUT2D eigenvalue weighted by molar-refractivity contribution is -0.122. The van der Waals surface area contributed by atoms with Crippen LogP contribution in [0.3, 0.4) is 0 Å². The van der Waals surface area contributed by atoms with Crippen LogP contribution in [0.1, 0.15) is 57.8 Å². The van der Waals surface area contributed by atoms with Crippen molar-refractivity contribution in [3.8, 4) is 0 Å². The van der Waals surface area contributed by atoms with E-state index in [-0.39, 0.29) is 5.91 Å². The largest absolute Gasteiger partial charge is 0.378 e. The van der Waals surface area contributed by atoms with E-state index in [0.717, 1.165) is 31.3 Å². The Balaban J connectivity index is 1.63. The van der Waals surface area contributed by atoms with Gasteiger partial charge in [-0.1, -0.05) is 28.8 Å². The van der Waals surface area contributed by atoms with Crippen LogP contribution in [0.4, 0.5) is 0 Å². The molecule has 1 unspecified atom stereocenters. The quantitative estimate of drug-likeness (QED) is 0.757. The minimum absolute atomic E-state index is 0.196. The van der Waals surface area contributed by atoms with Gasteiger partial charge in [-0.3, -0.25) is 4.79 Å². The molecule has 3 nitrogen and oxygen atoms in total. The number of hydrogen-bond acceptors (Lipinski definition) is 2. The fourth-order valence-corrected chi connectivity index (χ4v) is 3.94. The molecule has 0 bridgehead atoms. The molecule has 4 heteroatoms. The van der Waals surface area contributed by atoms with Crippen molar-refractivity contribution in [1.29, 1.82) is 0 Å². The molecule has 110 valence electrons. The SMILES string of the molecule is O=C(CCC1CCCCO1)NCC1(CBr)CCCC1. The second-order valence-electron chi connectivity index (χ2n) is 6.14. The molecule has 2 fully saturated rings. The first-order valence-corrected chi connectivity index (χ1v) is 8.81. The summed E-state index contributed by atoms with van der Waals surface area (Å²) in [6.45, 7) is 1.71. The molecule has 0 aromatic heterocycles. The molecule has 1 saturated carbocycles. The fourth-order valence-electron chi connectivity index (χ4n) is 3.18. The summed E-state index contributed by atoms with van der Waals surface area (Å²) in [5.74, 6) is 0.196. The Hall–Kier alpha value is -0.0900. The highest BCUT2D eigenvalue weighted by Crippen LogP contribution is 2.38. The standard InChI is InChI=1S/C15H26BrNO2/c16-11-15(8-2-3-9-15)12-17-14(18)7-6-13-5-1-4-10-19-13/h13H,1-12H2,(H,17,18). The summed E-state index contributed by atoms with van der Waals surface area (Å²) >= 11 is 3.61. The number of alkyl halides is 1. The van der Waals surface area contributed by atoms with Crippen molar-refractivity contribution in [2.75, 3.05) is 18.5 Å². The summed E-state index contributed by atoms with van der Waals surface area (Å²) in [5, 5.41) is 4.14. The molecule has 0 aromatic carbocycles. The van der Waals surface area contributed by atoms with Gasteiger partial charge in [0, 0.05) is 24.9 Å². The molecule has 1 saturated heterocycles. The van der Waals surface area contributed by atoms with Crippen molar-refractivity contribution in [3.63, 3.8) is 0 Å². The van der Waals surface area contributed by atoms with Gasteiger partial charge in [0.15, 0.2) is 0 Å². The van der Waals surface area contributed by atoms with Gasteiger partial charge in [-0.05, 0) is 43.9 Å². The first-order chi connectivity index (χ1) is 9.24. The van der Waals surface area contributed by atoms with Crippen LogP contribution in [0.5, 0.6) is 0 Å². The monoisotopic (exact) mass is 331 g/mol. The number of hydrogen-bond donors (Lipinski definition) is 1. The van der Waals surface area contributed by atoms with Crippen molar-refractivity contribution >= 4 is 21.8 Å². The van der Waals surface area contributed by atoms with Crippen LogP contribution < -0.4 is 5.32 Å². The van der Waals surface area contributed by atoms with E-state index < -0.39 is 0 Å². The molecule has 1 atom stereocenters. The number of rotatable bonds is 6. The van der Waals surface area contributed by atoms with Gasteiger partial charge in [0.05, 0.1) is 6.10 Å². The Bertz CT molecular complexity index is 284. The van der Waals surface area contributed by atoms with Crippen molar-refractivity contribution < 1.29 is 9.53 Å². The Morgan fingerprint density at radius 2 is 2.05 bits per heavy atom. The molecule has 0 spiro atoms. The third-order valence-corrected chi connectivity index (χ3v) is 5.77. The van der Waals surface area contributed by atoms with Crippen molar-refractivity contribution in [3.05, 3.63) is 0 Å². The Labute approximate surface area is 125 Å². The summed E-state index contributed by atoms with van der Waals surface area (Å²) in [4.78, 5) is 11.9. The van der Waals surface area contributed by atoms with E-state index in [1.54, 1.807) is 0 Å². The van der Waals surface area contributed by atoms with E-state index in [2.05, 4.69) is 21.2 Å². The molecule has 0 radical (unpaired) electrons. The maximum absolute atomic E-state index is 11.9. The maximum Gasteiger partial charge on any atom is 0.220 e. The number of carbonyl (C=O) groups excluding carboxylic acids is 1. The number of amides is 1. The van der Waals surface area contributed by atoms with Crippen molar-refractivity contribution in [1.82, 2.24) is 5.32 Å². The molecule has 1 heterocycles. The zero-order valence-electron chi connectivity index (χ0n) is 11.8. The van der Waals surface area contributed by atoms with E-state index in [9.17, 15) is 4.79 Å². The molecular weight excluding hydrogens is 306 g/mol. The first kappa shape index (κ1) is 15.3. The molecule has 19 heavy (non-hydrogen) atoms. The van der Waals surface area contributed by atoms with Gasteiger partial charge in [0.25, 0.3) is 0 Å². The van der Waals surface area contributed by atoms with E-state index in [0.29, 0.717) is 17.9 Å². The normalized spacial score (nSPS) is 26.3. The predicted molar refractivity (Wildman–Crippen MR) is 80.5 cm³/mol.